The number of rotatable bonds is 3. The first-order chi connectivity index (χ1) is 8.88. The molecule has 0 amide bonds. The third-order valence-electron chi connectivity index (χ3n) is 3.16. The maximum atomic E-state index is 9.22. The van der Waals surface area contributed by atoms with Crippen molar-refractivity contribution in [3.05, 3.63) is 30.1 Å². The Balaban J connectivity index is 1.84. The Hall–Kier alpha value is -2.06. The largest absolute Gasteiger partial charge is 0.376 e. The summed E-state index contributed by atoms with van der Waals surface area (Å²) in [4.78, 5) is 4.42. The number of imidazole rings is 1. The van der Waals surface area contributed by atoms with Crippen LogP contribution < -0.4 is 5.32 Å². The van der Waals surface area contributed by atoms with Crippen LogP contribution >= 0.6 is 0 Å². The number of ether oxygens (including phenoxy) is 1. The maximum Gasteiger partial charge on any atom is 0.168 e. The summed E-state index contributed by atoms with van der Waals surface area (Å²) in [5.74, 6) is 0.638. The first-order valence-electron chi connectivity index (χ1n) is 6.11. The SMILES string of the molecule is N#Cc1c(NCC2CCCO2)nc2ccccn12. The second kappa shape index (κ2) is 4.67. The minimum Gasteiger partial charge on any atom is -0.376 e. The molecule has 2 aromatic heterocycles. The van der Waals surface area contributed by atoms with Crippen LogP contribution in [-0.4, -0.2) is 28.6 Å². The molecule has 1 aliphatic rings. The minimum absolute atomic E-state index is 0.237. The van der Waals surface area contributed by atoms with Gasteiger partial charge in [0.1, 0.15) is 11.7 Å². The molecule has 0 radical (unpaired) electrons. The molecule has 5 nitrogen and oxygen atoms in total. The summed E-state index contributed by atoms with van der Waals surface area (Å²) in [5.41, 5.74) is 1.33. The summed E-state index contributed by atoms with van der Waals surface area (Å²) in [6, 6.07) is 7.88. The van der Waals surface area contributed by atoms with Gasteiger partial charge in [-0.25, -0.2) is 4.98 Å². The zero-order valence-corrected chi connectivity index (χ0v) is 9.97. The number of aromatic nitrogens is 2. The van der Waals surface area contributed by atoms with Crippen LogP contribution in [0.3, 0.4) is 0 Å². The number of nitrogens with zero attached hydrogens (tertiary/aromatic N) is 3. The molecule has 1 atom stereocenters. The predicted molar refractivity (Wildman–Crippen MR) is 67.4 cm³/mol. The first kappa shape index (κ1) is 11.1. The molecular weight excluding hydrogens is 228 g/mol. The van der Waals surface area contributed by atoms with Gasteiger partial charge in [0, 0.05) is 19.3 Å². The number of anilines is 1. The molecule has 18 heavy (non-hydrogen) atoms. The van der Waals surface area contributed by atoms with Gasteiger partial charge in [0.2, 0.25) is 0 Å². The van der Waals surface area contributed by atoms with Gasteiger partial charge in [-0.2, -0.15) is 5.26 Å². The molecule has 1 aliphatic heterocycles. The fourth-order valence-corrected chi connectivity index (χ4v) is 2.24. The Morgan fingerprint density at radius 2 is 2.50 bits per heavy atom. The molecule has 0 bridgehead atoms. The standard InChI is InChI=1S/C13H14N4O/c14-8-11-13(15-9-10-4-3-7-18-10)16-12-5-1-2-6-17(11)12/h1-2,5-6,10,15H,3-4,7,9H2. The van der Waals surface area contributed by atoms with Crippen LogP contribution in [0.2, 0.25) is 0 Å². The van der Waals surface area contributed by atoms with Crippen molar-refractivity contribution in [3.8, 4) is 6.07 Å². The van der Waals surface area contributed by atoms with E-state index in [2.05, 4.69) is 16.4 Å². The molecule has 3 rings (SSSR count). The van der Waals surface area contributed by atoms with Gasteiger partial charge in [-0.3, -0.25) is 4.40 Å². The van der Waals surface area contributed by atoms with E-state index in [1.54, 1.807) is 4.40 Å². The highest BCUT2D eigenvalue weighted by Crippen LogP contribution is 2.18. The molecule has 0 aliphatic carbocycles. The average molecular weight is 242 g/mol. The third kappa shape index (κ3) is 1.91. The molecule has 0 spiro atoms. The van der Waals surface area contributed by atoms with Gasteiger partial charge in [-0.15, -0.1) is 0 Å². The normalized spacial score (nSPS) is 18.9. The fraction of sp³-hybridized carbons (Fsp3) is 0.385. The molecule has 92 valence electrons. The van der Waals surface area contributed by atoms with Gasteiger partial charge >= 0.3 is 0 Å². The van der Waals surface area contributed by atoms with E-state index in [0.717, 1.165) is 25.1 Å². The highest BCUT2D eigenvalue weighted by Gasteiger charge is 2.17. The summed E-state index contributed by atoms with van der Waals surface area (Å²) in [5, 5.41) is 12.4. The quantitative estimate of drug-likeness (QED) is 0.891. The summed E-state index contributed by atoms with van der Waals surface area (Å²) >= 11 is 0. The van der Waals surface area contributed by atoms with Crippen molar-refractivity contribution < 1.29 is 4.74 Å². The number of nitriles is 1. The molecular formula is C13H14N4O. The van der Waals surface area contributed by atoms with Crippen LogP contribution in [0.4, 0.5) is 5.82 Å². The number of nitrogens with one attached hydrogen (secondary N) is 1. The van der Waals surface area contributed by atoms with E-state index in [1.165, 1.54) is 0 Å². The van der Waals surface area contributed by atoms with Crippen molar-refractivity contribution in [2.45, 2.75) is 18.9 Å². The summed E-state index contributed by atoms with van der Waals surface area (Å²) in [6.07, 6.45) is 4.27. The van der Waals surface area contributed by atoms with Crippen molar-refractivity contribution in [3.63, 3.8) is 0 Å². The molecule has 1 N–H and O–H groups in total. The van der Waals surface area contributed by atoms with E-state index in [1.807, 2.05) is 24.4 Å². The van der Waals surface area contributed by atoms with E-state index in [4.69, 9.17) is 4.74 Å². The van der Waals surface area contributed by atoms with Gasteiger partial charge in [0.15, 0.2) is 11.5 Å². The monoisotopic (exact) mass is 242 g/mol. The summed E-state index contributed by atoms with van der Waals surface area (Å²) in [7, 11) is 0. The van der Waals surface area contributed by atoms with Crippen molar-refractivity contribution in [2.75, 3.05) is 18.5 Å². The topological polar surface area (TPSA) is 62.3 Å². The molecule has 1 saturated heterocycles. The first-order valence-corrected chi connectivity index (χ1v) is 6.11. The number of hydrogen-bond donors (Lipinski definition) is 1. The summed E-state index contributed by atoms with van der Waals surface area (Å²) in [6.45, 7) is 1.54. The van der Waals surface area contributed by atoms with Crippen LogP contribution in [0.25, 0.3) is 5.65 Å². The second-order valence-corrected chi connectivity index (χ2v) is 4.37. The Bertz CT molecular complexity index is 593. The van der Waals surface area contributed by atoms with Crippen LogP contribution in [0.5, 0.6) is 0 Å². The average Bonchev–Trinajstić information content (AvgIpc) is 3.03. The number of hydrogen-bond acceptors (Lipinski definition) is 4. The van der Waals surface area contributed by atoms with E-state index in [-0.39, 0.29) is 6.10 Å². The molecule has 0 aromatic carbocycles. The van der Waals surface area contributed by atoms with Crippen LogP contribution in [0.15, 0.2) is 24.4 Å². The second-order valence-electron chi connectivity index (χ2n) is 4.37. The molecule has 3 heterocycles. The Labute approximate surface area is 105 Å². The van der Waals surface area contributed by atoms with Crippen molar-refractivity contribution in [2.24, 2.45) is 0 Å². The van der Waals surface area contributed by atoms with Gasteiger partial charge in [0.25, 0.3) is 0 Å². The lowest BCUT2D eigenvalue weighted by Crippen LogP contribution is -2.19. The smallest absolute Gasteiger partial charge is 0.168 e. The van der Waals surface area contributed by atoms with E-state index >= 15 is 0 Å². The minimum atomic E-state index is 0.237. The van der Waals surface area contributed by atoms with Crippen molar-refractivity contribution in [1.29, 1.82) is 5.26 Å². The fourth-order valence-electron chi connectivity index (χ4n) is 2.24. The lowest BCUT2D eigenvalue weighted by molar-refractivity contribution is 0.120. The molecule has 5 heteroatoms. The Kier molecular flexibility index (Phi) is 2.87. The Morgan fingerprint density at radius 1 is 1.56 bits per heavy atom. The third-order valence-corrected chi connectivity index (χ3v) is 3.16. The van der Waals surface area contributed by atoms with Crippen molar-refractivity contribution >= 4 is 11.5 Å². The van der Waals surface area contributed by atoms with Gasteiger partial charge < -0.3 is 10.1 Å². The van der Waals surface area contributed by atoms with Crippen LogP contribution in [0.1, 0.15) is 18.5 Å². The van der Waals surface area contributed by atoms with Crippen LogP contribution in [-0.2, 0) is 4.74 Å². The number of pyridine rings is 1. The van der Waals surface area contributed by atoms with E-state index in [9.17, 15) is 5.26 Å². The summed E-state index contributed by atoms with van der Waals surface area (Å²) < 4.78 is 7.33. The van der Waals surface area contributed by atoms with Crippen molar-refractivity contribution in [1.82, 2.24) is 9.38 Å². The predicted octanol–water partition coefficient (Wildman–Crippen LogP) is 1.80. The maximum absolute atomic E-state index is 9.22. The van der Waals surface area contributed by atoms with Gasteiger partial charge in [-0.05, 0) is 25.0 Å². The van der Waals surface area contributed by atoms with Crippen LogP contribution in [0, 0.1) is 11.3 Å². The lowest BCUT2D eigenvalue weighted by atomic mass is 10.2. The zero-order chi connectivity index (χ0) is 12.4. The van der Waals surface area contributed by atoms with E-state index < -0.39 is 0 Å². The highest BCUT2D eigenvalue weighted by molar-refractivity contribution is 5.58. The number of fused-ring (bicyclic) bond motifs is 1. The highest BCUT2D eigenvalue weighted by atomic mass is 16.5. The lowest BCUT2D eigenvalue weighted by Gasteiger charge is -2.09. The Morgan fingerprint density at radius 3 is 3.28 bits per heavy atom. The zero-order valence-electron chi connectivity index (χ0n) is 9.97. The van der Waals surface area contributed by atoms with Gasteiger partial charge in [0.05, 0.1) is 6.10 Å². The van der Waals surface area contributed by atoms with Gasteiger partial charge in [-0.1, -0.05) is 6.07 Å². The molecule has 1 unspecified atom stereocenters. The molecule has 2 aromatic rings. The molecule has 0 saturated carbocycles. The molecule has 1 fully saturated rings. The van der Waals surface area contributed by atoms with E-state index in [0.29, 0.717) is 18.1 Å².